The van der Waals surface area contributed by atoms with Crippen LogP contribution in [0.2, 0.25) is 0 Å². The lowest BCUT2D eigenvalue weighted by Gasteiger charge is -2.17. The Balaban J connectivity index is 2.47. The van der Waals surface area contributed by atoms with Gasteiger partial charge in [-0.1, -0.05) is 20.8 Å². The summed E-state index contributed by atoms with van der Waals surface area (Å²) in [5.74, 6) is -1.15. The van der Waals surface area contributed by atoms with Gasteiger partial charge in [-0.3, -0.25) is 20.4 Å². The normalized spacial score (nSPS) is 10.9. The minimum atomic E-state index is -0.475. The lowest BCUT2D eigenvalue weighted by atomic mass is 9.92. The molecular weight excluding hydrogens is 235 g/mol. The second-order valence-corrected chi connectivity index (χ2v) is 5.25. The quantitative estimate of drug-likeness (QED) is 0.791. The van der Waals surface area contributed by atoms with Crippen molar-refractivity contribution in [3.05, 3.63) is 35.6 Å². The molecule has 0 atom stereocenters. The van der Waals surface area contributed by atoms with Gasteiger partial charge in [0.25, 0.3) is 5.91 Å². The second-order valence-electron chi connectivity index (χ2n) is 5.25. The minimum Gasteiger partial charge on any atom is -0.273 e. The van der Waals surface area contributed by atoms with Crippen LogP contribution in [-0.4, -0.2) is 11.8 Å². The Morgan fingerprint density at radius 3 is 2.17 bits per heavy atom. The molecule has 0 radical (unpaired) electrons. The highest BCUT2D eigenvalue weighted by molar-refractivity contribution is 5.95. The van der Waals surface area contributed by atoms with Gasteiger partial charge in [-0.2, -0.15) is 0 Å². The van der Waals surface area contributed by atoms with Crippen LogP contribution < -0.4 is 10.9 Å². The SMILES string of the molecule is CC(C)(C)CC(=O)NNC(=O)c1ccc(F)cc1. The molecule has 0 aromatic heterocycles. The molecule has 0 aliphatic carbocycles. The standard InChI is InChI=1S/C13H17FN2O2/c1-13(2,3)8-11(17)15-16-12(18)9-4-6-10(14)7-5-9/h4-7H,8H2,1-3H3,(H,15,17)(H,16,18). The molecule has 0 fully saturated rings. The third-order valence-electron chi connectivity index (χ3n) is 2.11. The van der Waals surface area contributed by atoms with E-state index in [1.54, 1.807) is 0 Å². The number of benzene rings is 1. The van der Waals surface area contributed by atoms with E-state index in [0.29, 0.717) is 6.42 Å². The molecule has 2 amide bonds. The first-order valence-electron chi connectivity index (χ1n) is 5.63. The smallest absolute Gasteiger partial charge is 0.269 e. The first-order chi connectivity index (χ1) is 8.28. The highest BCUT2D eigenvalue weighted by Crippen LogP contribution is 2.17. The van der Waals surface area contributed by atoms with Gasteiger partial charge in [-0.25, -0.2) is 4.39 Å². The number of rotatable bonds is 2. The molecule has 0 aliphatic heterocycles. The fourth-order valence-corrected chi connectivity index (χ4v) is 1.33. The lowest BCUT2D eigenvalue weighted by molar-refractivity contribution is -0.123. The van der Waals surface area contributed by atoms with Crippen LogP contribution in [0, 0.1) is 11.2 Å². The van der Waals surface area contributed by atoms with Crippen molar-refractivity contribution in [1.82, 2.24) is 10.9 Å². The fraction of sp³-hybridized carbons (Fsp3) is 0.385. The lowest BCUT2D eigenvalue weighted by Crippen LogP contribution is -2.42. The van der Waals surface area contributed by atoms with Crippen LogP contribution in [0.25, 0.3) is 0 Å². The van der Waals surface area contributed by atoms with Crippen molar-refractivity contribution in [1.29, 1.82) is 0 Å². The van der Waals surface area contributed by atoms with E-state index < -0.39 is 11.7 Å². The summed E-state index contributed by atoms with van der Waals surface area (Å²) >= 11 is 0. The van der Waals surface area contributed by atoms with Crippen LogP contribution in [0.15, 0.2) is 24.3 Å². The van der Waals surface area contributed by atoms with Crippen molar-refractivity contribution in [2.75, 3.05) is 0 Å². The van der Waals surface area contributed by atoms with E-state index in [1.165, 1.54) is 24.3 Å². The van der Waals surface area contributed by atoms with Crippen molar-refractivity contribution >= 4 is 11.8 Å². The predicted octanol–water partition coefficient (Wildman–Crippen LogP) is 2.02. The average Bonchev–Trinajstić information content (AvgIpc) is 2.24. The van der Waals surface area contributed by atoms with Crippen LogP contribution >= 0.6 is 0 Å². The molecule has 0 heterocycles. The number of hydrogen-bond donors (Lipinski definition) is 2. The summed E-state index contributed by atoms with van der Waals surface area (Å²) in [6.45, 7) is 5.77. The van der Waals surface area contributed by atoms with Crippen molar-refractivity contribution in [3.8, 4) is 0 Å². The van der Waals surface area contributed by atoms with Gasteiger partial charge >= 0.3 is 0 Å². The summed E-state index contributed by atoms with van der Waals surface area (Å²) in [6.07, 6.45) is 0.302. The Morgan fingerprint density at radius 2 is 1.67 bits per heavy atom. The number of hydrogen-bond acceptors (Lipinski definition) is 2. The second kappa shape index (κ2) is 5.62. The van der Waals surface area contributed by atoms with Crippen molar-refractivity contribution in [2.24, 2.45) is 5.41 Å². The minimum absolute atomic E-state index is 0.148. The summed E-state index contributed by atoms with van der Waals surface area (Å²) in [7, 11) is 0. The first-order valence-corrected chi connectivity index (χ1v) is 5.63. The van der Waals surface area contributed by atoms with Gasteiger partial charge in [0.05, 0.1) is 0 Å². The topological polar surface area (TPSA) is 58.2 Å². The molecule has 0 aliphatic rings. The number of carbonyl (C=O) groups excluding carboxylic acids is 2. The molecule has 1 aromatic rings. The summed E-state index contributed by atoms with van der Waals surface area (Å²) in [5, 5.41) is 0. The highest BCUT2D eigenvalue weighted by Gasteiger charge is 2.16. The number of hydrazine groups is 1. The molecule has 1 rings (SSSR count). The third-order valence-corrected chi connectivity index (χ3v) is 2.11. The Kier molecular flexibility index (Phi) is 4.42. The van der Waals surface area contributed by atoms with E-state index in [2.05, 4.69) is 10.9 Å². The average molecular weight is 252 g/mol. The third kappa shape index (κ3) is 4.95. The molecular formula is C13H17FN2O2. The summed E-state index contributed by atoms with van der Waals surface area (Å²) < 4.78 is 12.6. The molecule has 0 spiro atoms. The molecule has 5 heteroatoms. The van der Waals surface area contributed by atoms with Crippen molar-refractivity contribution in [2.45, 2.75) is 27.2 Å². The predicted molar refractivity (Wildman–Crippen MR) is 66.1 cm³/mol. The van der Waals surface area contributed by atoms with Crippen LogP contribution in [-0.2, 0) is 4.79 Å². The van der Waals surface area contributed by atoms with E-state index in [9.17, 15) is 14.0 Å². The first kappa shape index (κ1) is 14.2. The van der Waals surface area contributed by atoms with E-state index in [-0.39, 0.29) is 16.9 Å². The summed E-state index contributed by atoms with van der Waals surface area (Å²) in [5.41, 5.74) is 4.74. The van der Waals surface area contributed by atoms with Crippen molar-refractivity contribution in [3.63, 3.8) is 0 Å². The van der Waals surface area contributed by atoms with Gasteiger partial charge in [0, 0.05) is 12.0 Å². The van der Waals surface area contributed by atoms with Crippen LogP contribution in [0.4, 0.5) is 4.39 Å². The molecule has 0 saturated carbocycles. The maximum atomic E-state index is 12.6. The molecule has 0 saturated heterocycles. The fourth-order valence-electron chi connectivity index (χ4n) is 1.33. The molecule has 4 nitrogen and oxygen atoms in total. The van der Waals surface area contributed by atoms with E-state index in [0.717, 1.165) is 0 Å². The molecule has 2 N–H and O–H groups in total. The number of halogens is 1. The van der Waals surface area contributed by atoms with Gasteiger partial charge in [0.2, 0.25) is 5.91 Å². The summed E-state index contributed by atoms with van der Waals surface area (Å²) in [6, 6.07) is 5.07. The van der Waals surface area contributed by atoms with Gasteiger partial charge in [-0.15, -0.1) is 0 Å². The van der Waals surface area contributed by atoms with Crippen LogP contribution in [0.5, 0.6) is 0 Å². The zero-order valence-corrected chi connectivity index (χ0v) is 10.7. The Morgan fingerprint density at radius 1 is 1.11 bits per heavy atom. The number of amides is 2. The molecule has 18 heavy (non-hydrogen) atoms. The largest absolute Gasteiger partial charge is 0.273 e. The number of nitrogens with one attached hydrogen (secondary N) is 2. The zero-order chi connectivity index (χ0) is 13.8. The van der Waals surface area contributed by atoms with E-state index in [4.69, 9.17) is 0 Å². The van der Waals surface area contributed by atoms with Crippen molar-refractivity contribution < 1.29 is 14.0 Å². The Bertz CT molecular complexity index is 435. The van der Waals surface area contributed by atoms with Gasteiger partial charge < -0.3 is 0 Å². The monoisotopic (exact) mass is 252 g/mol. The summed E-state index contributed by atoms with van der Waals surface area (Å²) in [4.78, 5) is 23.0. The van der Waals surface area contributed by atoms with Gasteiger partial charge in [0.15, 0.2) is 0 Å². The van der Waals surface area contributed by atoms with Gasteiger partial charge in [0.1, 0.15) is 5.82 Å². The zero-order valence-electron chi connectivity index (χ0n) is 10.7. The highest BCUT2D eigenvalue weighted by atomic mass is 19.1. The maximum Gasteiger partial charge on any atom is 0.269 e. The maximum absolute atomic E-state index is 12.6. The van der Waals surface area contributed by atoms with Gasteiger partial charge in [-0.05, 0) is 29.7 Å². The van der Waals surface area contributed by atoms with E-state index >= 15 is 0 Å². The molecule has 0 bridgehead atoms. The van der Waals surface area contributed by atoms with Crippen LogP contribution in [0.1, 0.15) is 37.6 Å². The van der Waals surface area contributed by atoms with Crippen LogP contribution in [0.3, 0.4) is 0 Å². The molecule has 98 valence electrons. The molecule has 1 aromatic carbocycles. The Labute approximate surface area is 106 Å². The number of carbonyl (C=O) groups is 2. The Hall–Kier alpha value is -1.91. The molecule has 0 unspecified atom stereocenters. The van der Waals surface area contributed by atoms with E-state index in [1.807, 2.05) is 20.8 Å².